The Morgan fingerprint density at radius 2 is 1.58 bits per heavy atom. The maximum absolute atomic E-state index is 13.4. The first-order chi connectivity index (χ1) is 15.7. The van der Waals surface area contributed by atoms with Gasteiger partial charge in [-0.3, -0.25) is 9.59 Å². The van der Waals surface area contributed by atoms with E-state index in [-0.39, 0.29) is 17.6 Å². The summed E-state index contributed by atoms with van der Waals surface area (Å²) in [7, 11) is 0. The van der Waals surface area contributed by atoms with E-state index in [2.05, 4.69) is 20.8 Å². The maximum atomic E-state index is 13.4. The number of carbonyl (C=O) groups excluding carboxylic acids is 2. The van der Waals surface area contributed by atoms with Crippen molar-refractivity contribution in [3.63, 3.8) is 0 Å². The van der Waals surface area contributed by atoms with Gasteiger partial charge in [-0.15, -0.1) is 0 Å². The standard InChI is InChI=1S/C29H29NO3/c1-28(2,3)23-17-15-22(16-18-23)26(31)20-29(33)24-13-7-8-14-25(24)30(27(29)32)19-9-12-21-10-5-4-6-11-21/h4-18,33H,19-20H2,1-3H3/b12-9+/t29-/m1/s1. The van der Waals surface area contributed by atoms with Crippen LogP contribution in [-0.4, -0.2) is 23.3 Å². The van der Waals surface area contributed by atoms with Gasteiger partial charge in [0.2, 0.25) is 0 Å². The van der Waals surface area contributed by atoms with Crippen LogP contribution in [0, 0.1) is 0 Å². The van der Waals surface area contributed by atoms with Crippen molar-refractivity contribution < 1.29 is 14.7 Å². The molecular weight excluding hydrogens is 410 g/mol. The number of ketones is 1. The molecule has 1 aliphatic heterocycles. The molecule has 0 bridgehead atoms. The largest absolute Gasteiger partial charge is 0.375 e. The molecule has 1 N–H and O–H groups in total. The van der Waals surface area contributed by atoms with E-state index in [1.165, 1.54) is 0 Å². The predicted octanol–water partition coefficient (Wildman–Crippen LogP) is 5.50. The van der Waals surface area contributed by atoms with Gasteiger partial charge in [0.25, 0.3) is 5.91 Å². The smallest absolute Gasteiger partial charge is 0.264 e. The molecular formula is C29H29NO3. The molecule has 0 unspecified atom stereocenters. The molecule has 4 heteroatoms. The Kier molecular flexibility index (Phi) is 6.05. The lowest BCUT2D eigenvalue weighted by Gasteiger charge is -2.23. The lowest BCUT2D eigenvalue weighted by atomic mass is 9.85. The maximum Gasteiger partial charge on any atom is 0.264 e. The van der Waals surface area contributed by atoms with E-state index in [0.717, 1.165) is 11.1 Å². The SMILES string of the molecule is CC(C)(C)c1ccc(C(=O)C[C@]2(O)C(=O)N(C/C=C/c3ccccc3)c3ccccc32)cc1. The number of Topliss-reactive ketones (excluding diaryl/α,β-unsaturated/α-hetero) is 1. The van der Waals surface area contributed by atoms with E-state index in [0.29, 0.717) is 23.4 Å². The van der Waals surface area contributed by atoms with Crippen molar-refractivity contribution in [1.29, 1.82) is 0 Å². The number of rotatable bonds is 6. The van der Waals surface area contributed by atoms with E-state index in [4.69, 9.17) is 0 Å². The Bertz CT molecular complexity index is 1190. The van der Waals surface area contributed by atoms with Crippen molar-refractivity contribution in [2.75, 3.05) is 11.4 Å². The molecule has 3 aromatic carbocycles. The van der Waals surface area contributed by atoms with E-state index in [9.17, 15) is 14.7 Å². The number of hydrogen-bond acceptors (Lipinski definition) is 3. The topological polar surface area (TPSA) is 57.6 Å². The highest BCUT2D eigenvalue weighted by Gasteiger charge is 2.50. The van der Waals surface area contributed by atoms with Crippen LogP contribution in [0.25, 0.3) is 6.08 Å². The van der Waals surface area contributed by atoms with Gasteiger partial charge in [-0.25, -0.2) is 0 Å². The molecule has 0 saturated heterocycles. The van der Waals surface area contributed by atoms with Crippen LogP contribution in [0.3, 0.4) is 0 Å². The Labute approximate surface area is 195 Å². The molecule has 1 aliphatic rings. The van der Waals surface area contributed by atoms with Crippen LogP contribution >= 0.6 is 0 Å². The first kappa shape index (κ1) is 22.7. The minimum atomic E-state index is -1.88. The van der Waals surface area contributed by atoms with Gasteiger partial charge < -0.3 is 10.0 Å². The summed E-state index contributed by atoms with van der Waals surface area (Å²) in [6, 6.07) is 24.4. The second kappa shape index (κ2) is 8.80. The average Bonchev–Trinajstić information content (AvgIpc) is 3.01. The minimum absolute atomic E-state index is 0.0199. The Balaban J connectivity index is 1.57. The quantitative estimate of drug-likeness (QED) is 0.516. The molecule has 3 aromatic rings. The molecule has 1 amide bonds. The van der Waals surface area contributed by atoms with Crippen LogP contribution in [0.1, 0.15) is 54.2 Å². The van der Waals surface area contributed by atoms with Crippen LogP contribution < -0.4 is 4.90 Å². The number of hydrogen-bond donors (Lipinski definition) is 1. The third-order valence-electron chi connectivity index (χ3n) is 6.13. The number of anilines is 1. The number of carbonyl (C=O) groups is 2. The van der Waals surface area contributed by atoms with Gasteiger partial charge in [0.1, 0.15) is 0 Å². The van der Waals surface area contributed by atoms with Crippen molar-refractivity contribution >= 4 is 23.5 Å². The fourth-order valence-electron chi connectivity index (χ4n) is 4.21. The van der Waals surface area contributed by atoms with E-state index in [1.807, 2.05) is 66.7 Å². The molecule has 1 atom stereocenters. The van der Waals surface area contributed by atoms with Crippen LogP contribution in [-0.2, 0) is 15.8 Å². The normalized spacial score (nSPS) is 18.1. The Morgan fingerprint density at radius 1 is 0.939 bits per heavy atom. The fourth-order valence-corrected chi connectivity index (χ4v) is 4.21. The van der Waals surface area contributed by atoms with Gasteiger partial charge in [-0.1, -0.05) is 106 Å². The molecule has 0 spiro atoms. The summed E-state index contributed by atoms with van der Waals surface area (Å²) >= 11 is 0. The van der Waals surface area contributed by atoms with Crippen LogP contribution in [0.2, 0.25) is 0 Å². The highest BCUT2D eigenvalue weighted by Crippen LogP contribution is 2.42. The third kappa shape index (κ3) is 4.53. The van der Waals surface area contributed by atoms with Gasteiger partial charge in [-0.05, 0) is 22.6 Å². The van der Waals surface area contributed by atoms with Gasteiger partial charge in [0, 0.05) is 17.7 Å². The number of para-hydroxylation sites is 1. The average molecular weight is 440 g/mol. The fraction of sp³-hybridized carbons (Fsp3) is 0.241. The first-order valence-corrected chi connectivity index (χ1v) is 11.2. The van der Waals surface area contributed by atoms with Crippen molar-refractivity contribution in [2.45, 2.75) is 38.2 Å². The second-order valence-corrected chi connectivity index (χ2v) is 9.53. The third-order valence-corrected chi connectivity index (χ3v) is 6.13. The molecule has 0 saturated carbocycles. The summed E-state index contributed by atoms with van der Waals surface area (Å²) in [5.41, 5.74) is 1.86. The highest BCUT2D eigenvalue weighted by molar-refractivity contribution is 6.11. The molecule has 0 fully saturated rings. The lowest BCUT2D eigenvalue weighted by molar-refractivity contribution is -0.135. The summed E-state index contributed by atoms with van der Waals surface area (Å²) < 4.78 is 0. The van der Waals surface area contributed by atoms with Crippen molar-refractivity contribution in [3.05, 3.63) is 107 Å². The van der Waals surface area contributed by atoms with Gasteiger partial charge in [0.15, 0.2) is 11.4 Å². The Hall–Kier alpha value is -3.50. The van der Waals surface area contributed by atoms with Gasteiger partial charge >= 0.3 is 0 Å². The number of fused-ring (bicyclic) bond motifs is 1. The molecule has 33 heavy (non-hydrogen) atoms. The number of nitrogens with zero attached hydrogens (tertiary/aromatic N) is 1. The van der Waals surface area contributed by atoms with E-state index < -0.39 is 11.5 Å². The molecule has 0 radical (unpaired) electrons. The van der Waals surface area contributed by atoms with Crippen LogP contribution in [0.4, 0.5) is 5.69 Å². The molecule has 168 valence electrons. The summed E-state index contributed by atoms with van der Waals surface area (Å²) in [6.07, 6.45) is 3.54. The number of amides is 1. The zero-order valence-corrected chi connectivity index (χ0v) is 19.3. The van der Waals surface area contributed by atoms with Crippen LogP contribution in [0.5, 0.6) is 0 Å². The van der Waals surface area contributed by atoms with Crippen molar-refractivity contribution in [1.82, 2.24) is 0 Å². The summed E-state index contributed by atoms with van der Waals surface area (Å²) in [5, 5.41) is 11.5. The summed E-state index contributed by atoms with van der Waals surface area (Å²) in [6.45, 7) is 6.64. The first-order valence-electron chi connectivity index (χ1n) is 11.2. The number of aliphatic hydroxyl groups is 1. The monoisotopic (exact) mass is 439 g/mol. The minimum Gasteiger partial charge on any atom is -0.375 e. The zero-order chi connectivity index (χ0) is 23.6. The van der Waals surface area contributed by atoms with Crippen molar-refractivity contribution in [3.8, 4) is 0 Å². The summed E-state index contributed by atoms with van der Waals surface area (Å²) in [4.78, 5) is 28.0. The van der Waals surface area contributed by atoms with E-state index >= 15 is 0 Å². The predicted molar refractivity (Wildman–Crippen MR) is 132 cm³/mol. The molecule has 1 heterocycles. The zero-order valence-electron chi connectivity index (χ0n) is 19.3. The Morgan fingerprint density at radius 3 is 2.24 bits per heavy atom. The molecule has 0 aromatic heterocycles. The molecule has 4 nitrogen and oxygen atoms in total. The summed E-state index contributed by atoms with van der Waals surface area (Å²) in [5.74, 6) is -0.733. The van der Waals surface area contributed by atoms with Crippen LogP contribution in [0.15, 0.2) is 84.9 Å². The molecule has 4 rings (SSSR count). The lowest BCUT2D eigenvalue weighted by Crippen LogP contribution is -2.42. The van der Waals surface area contributed by atoms with E-state index in [1.54, 1.807) is 29.2 Å². The number of benzene rings is 3. The van der Waals surface area contributed by atoms with Crippen molar-refractivity contribution in [2.24, 2.45) is 0 Å². The van der Waals surface area contributed by atoms with Gasteiger partial charge in [-0.2, -0.15) is 0 Å². The highest BCUT2D eigenvalue weighted by atomic mass is 16.3. The van der Waals surface area contributed by atoms with Gasteiger partial charge in [0.05, 0.1) is 12.1 Å². The second-order valence-electron chi connectivity index (χ2n) is 9.53. The molecule has 0 aliphatic carbocycles.